The van der Waals surface area contributed by atoms with Gasteiger partial charge >= 0.3 is 0 Å². The first-order valence-electron chi connectivity index (χ1n) is 3.55. The van der Waals surface area contributed by atoms with Gasteiger partial charge in [0.25, 0.3) is 0 Å². The first-order valence-corrected chi connectivity index (χ1v) is 4.38. The van der Waals surface area contributed by atoms with Gasteiger partial charge in [0.1, 0.15) is 5.69 Å². The summed E-state index contributed by atoms with van der Waals surface area (Å²) in [6.45, 7) is 2.02. The van der Waals surface area contributed by atoms with Crippen molar-refractivity contribution in [3.8, 4) is 11.3 Å². The van der Waals surface area contributed by atoms with Gasteiger partial charge in [-0.3, -0.25) is 4.68 Å². The molecule has 12 heavy (non-hydrogen) atoms. The largest absolute Gasteiger partial charge is 0.272 e. The molecule has 0 aliphatic carbocycles. The Morgan fingerprint density at radius 3 is 2.83 bits per heavy atom. The maximum atomic E-state index is 4.13. The zero-order valence-corrected chi connectivity index (χ0v) is 7.67. The molecule has 0 fully saturated rings. The predicted octanol–water partition coefficient (Wildman–Crippen LogP) is 1.25. The van der Waals surface area contributed by atoms with Crippen LogP contribution in [0.15, 0.2) is 11.6 Å². The van der Waals surface area contributed by atoms with Gasteiger partial charge in [0, 0.05) is 23.7 Å². The zero-order valence-electron chi connectivity index (χ0n) is 6.85. The quantitative estimate of drug-likeness (QED) is 0.663. The Bertz CT molecular complexity index is 376. The lowest BCUT2D eigenvalue weighted by molar-refractivity contribution is 0.740. The van der Waals surface area contributed by atoms with E-state index in [0.29, 0.717) is 0 Å². The molecule has 0 unspecified atom stereocenters. The van der Waals surface area contributed by atoms with Crippen LogP contribution >= 0.6 is 11.5 Å². The van der Waals surface area contributed by atoms with Crippen LogP contribution in [-0.4, -0.2) is 19.4 Å². The van der Waals surface area contributed by atoms with E-state index in [0.717, 1.165) is 17.0 Å². The fourth-order valence-corrected chi connectivity index (χ4v) is 1.49. The number of aromatic nitrogens is 4. The van der Waals surface area contributed by atoms with Crippen LogP contribution in [0.1, 0.15) is 5.69 Å². The van der Waals surface area contributed by atoms with Crippen molar-refractivity contribution < 1.29 is 0 Å². The van der Waals surface area contributed by atoms with E-state index in [9.17, 15) is 0 Å². The van der Waals surface area contributed by atoms with Crippen LogP contribution in [0.3, 0.4) is 0 Å². The third kappa shape index (κ3) is 1.02. The van der Waals surface area contributed by atoms with Crippen molar-refractivity contribution in [2.75, 3.05) is 0 Å². The molecule has 62 valence electrons. The first-order chi connectivity index (χ1) is 5.79. The maximum Gasteiger partial charge on any atom is 0.109 e. The molecule has 5 heteroatoms. The van der Waals surface area contributed by atoms with Crippen LogP contribution in [0.4, 0.5) is 0 Å². The number of hydrogen-bond donors (Lipinski definition) is 0. The molecule has 0 saturated heterocycles. The molecule has 0 aromatic carbocycles. The molecule has 0 spiro atoms. The summed E-state index contributed by atoms with van der Waals surface area (Å²) in [4.78, 5) is 0. The third-order valence-electron chi connectivity index (χ3n) is 1.87. The Morgan fingerprint density at radius 1 is 1.50 bits per heavy atom. The zero-order chi connectivity index (χ0) is 8.55. The Morgan fingerprint density at radius 2 is 2.33 bits per heavy atom. The fourth-order valence-electron chi connectivity index (χ4n) is 1.03. The van der Waals surface area contributed by atoms with E-state index in [-0.39, 0.29) is 0 Å². The normalized spacial score (nSPS) is 10.5. The Balaban J connectivity index is 2.55. The summed E-state index contributed by atoms with van der Waals surface area (Å²) >= 11 is 1.35. The van der Waals surface area contributed by atoms with Crippen molar-refractivity contribution in [2.45, 2.75) is 6.92 Å². The van der Waals surface area contributed by atoms with Crippen molar-refractivity contribution in [2.24, 2.45) is 7.05 Å². The molecule has 0 aliphatic rings. The molecule has 0 N–H and O–H groups in total. The topological polar surface area (TPSA) is 43.6 Å². The summed E-state index contributed by atoms with van der Waals surface area (Å²) in [6.07, 6.45) is 1.81. The molecule has 0 saturated carbocycles. The second-order valence-electron chi connectivity index (χ2n) is 2.56. The van der Waals surface area contributed by atoms with Crippen molar-refractivity contribution in [3.05, 3.63) is 17.3 Å². The lowest BCUT2D eigenvalue weighted by Gasteiger charge is -1.94. The van der Waals surface area contributed by atoms with E-state index < -0.39 is 0 Å². The lowest BCUT2D eigenvalue weighted by atomic mass is 10.2. The van der Waals surface area contributed by atoms with Gasteiger partial charge in [-0.2, -0.15) is 5.10 Å². The van der Waals surface area contributed by atoms with Crippen LogP contribution in [-0.2, 0) is 7.05 Å². The van der Waals surface area contributed by atoms with Crippen molar-refractivity contribution in [1.82, 2.24) is 19.4 Å². The van der Waals surface area contributed by atoms with E-state index in [4.69, 9.17) is 0 Å². The van der Waals surface area contributed by atoms with Crippen molar-refractivity contribution >= 4 is 11.5 Å². The molecule has 2 aromatic heterocycles. The average Bonchev–Trinajstić information content (AvgIpc) is 2.64. The molecule has 0 aliphatic heterocycles. The Kier molecular flexibility index (Phi) is 1.65. The second kappa shape index (κ2) is 2.67. The summed E-state index contributed by atoms with van der Waals surface area (Å²) in [7, 11) is 1.92. The van der Waals surface area contributed by atoms with Crippen molar-refractivity contribution in [3.63, 3.8) is 0 Å². The minimum atomic E-state index is 0.908. The molecule has 0 atom stereocenters. The molecule has 0 amide bonds. The van der Waals surface area contributed by atoms with E-state index in [1.165, 1.54) is 11.5 Å². The van der Waals surface area contributed by atoms with E-state index in [2.05, 4.69) is 14.7 Å². The molecule has 0 bridgehead atoms. The van der Waals surface area contributed by atoms with E-state index in [1.54, 1.807) is 0 Å². The van der Waals surface area contributed by atoms with Gasteiger partial charge in [-0.05, 0) is 18.5 Å². The highest BCUT2D eigenvalue weighted by Crippen LogP contribution is 2.20. The van der Waals surface area contributed by atoms with Crippen LogP contribution in [0.5, 0.6) is 0 Å². The Labute approximate surface area is 74.0 Å². The third-order valence-corrected chi connectivity index (χ3v) is 2.38. The van der Waals surface area contributed by atoms with Gasteiger partial charge in [0.15, 0.2) is 0 Å². The second-order valence-corrected chi connectivity index (χ2v) is 3.17. The Hall–Kier alpha value is -1.23. The van der Waals surface area contributed by atoms with Gasteiger partial charge in [-0.25, -0.2) is 0 Å². The highest BCUT2D eigenvalue weighted by molar-refractivity contribution is 7.03. The molecule has 0 radical (unpaired) electrons. The highest BCUT2D eigenvalue weighted by Gasteiger charge is 2.07. The standard InChI is InChI=1S/C7H8N4S/c1-5-6(3-8-11(5)2)7-4-12-10-9-7/h3-4H,1-2H3. The monoisotopic (exact) mass is 180 g/mol. The molecule has 2 heterocycles. The van der Waals surface area contributed by atoms with Crippen molar-refractivity contribution in [1.29, 1.82) is 0 Å². The molecule has 4 nitrogen and oxygen atoms in total. The minimum absolute atomic E-state index is 0.908. The van der Waals surface area contributed by atoms with Crippen LogP contribution < -0.4 is 0 Å². The summed E-state index contributed by atoms with van der Waals surface area (Å²) in [5, 5.41) is 10.0. The lowest BCUT2D eigenvalue weighted by Crippen LogP contribution is -1.92. The summed E-state index contributed by atoms with van der Waals surface area (Å²) in [6, 6.07) is 0. The maximum absolute atomic E-state index is 4.13. The van der Waals surface area contributed by atoms with Gasteiger partial charge in [-0.15, -0.1) is 5.10 Å². The van der Waals surface area contributed by atoms with Gasteiger partial charge < -0.3 is 0 Å². The first kappa shape index (κ1) is 7.42. The minimum Gasteiger partial charge on any atom is -0.272 e. The smallest absolute Gasteiger partial charge is 0.109 e. The molecular weight excluding hydrogens is 172 g/mol. The SMILES string of the molecule is Cc1c(-c2csnn2)cnn1C. The van der Waals surface area contributed by atoms with Crippen LogP contribution in [0.2, 0.25) is 0 Å². The highest BCUT2D eigenvalue weighted by atomic mass is 32.1. The van der Waals surface area contributed by atoms with Gasteiger partial charge in [0.05, 0.1) is 6.20 Å². The number of rotatable bonds is 1. The summed E-state index contributed by atoms with van der Waals surface area (Å²) < 4.78 is 5.63. The van der Waals surface area contributed by atoms with Gasteiger partial charge in [-0.1, -0.05) is 4.49 Å². The number of aryl methyl sites for hydroxylation is 1. The summed E-state index contributed by atoms with van der Waals surface area (Å²) in [5.41, 5.74) is 3.08. The fraction of sp³-hybridized carbons (Fsp3) is 0.286. The van der Waals surface area contributed by atoms with E-state index in [1.807, 2.05) is 30.2 Å². The van der Waals surface area contributed by atoms with Gasteiger partial charge in [0.2, 0.25) is 0 Å². The average molecular weight is 180 g/mol. The predicted molar refractivity (Wildman–Crippen MR) is 46.8 cm³/mol. The number of nitrogens with zero attached hydrogens (tertiary/aromatic N) is 4. The van der Waals surface area contributed by atoms with E-state index >= 15 is 0 Å². The van der Waals surface area contributed by atoms with Crippen LogP contribution in [0.25, 0.3) is 11.3 Å². The molecule has 2 rings (SSSR count). The molecule has 2 aromatic rings. The molecular formula is C7H8N4S. The summed E-state index contributed by atoms with van der Waals surface area (Å²) in [5.74, 6) is 0. The number of hydrogen-bond acceptors (Lipinski definition) is 4. The van der Waals surface area contributed by atoms with Crippen LogP contribution in [0, 0.1) is 6.92 Å².